The molecule has 0 bridgehead atoms. The Hall–Kier alpha value is -2.56. The molecule has 3 aromatic carbocycles. The molecule has 4 aromatic rings. The van der Waals surface area contributed by atoms with Gasteiger partial charge in [-0.2, -0.15) is 0 Å². The molecule has 0 unspecified atom stereocenters. The van der Waals surface area contributed by atoms with Crippen molar-refractivity contribution in [3.05, 3.63) is 95.3 Å². The average Bonchev–Trinajstić information content (AvgIpc) is 3.13. The molecule has 0 aliphatic carbocycles. The summed E-state index contributed by atoms with van der Waals surface area (Å²) in [6.07, 6.45) is 0. The van der Waals surface area contributed by atoms with Crippen LogP contribution in [-0.2, 0) is 5.75 Å². The van der Waals surface area contributed by atoms with E-state index in [-0.39, 0.29) is 5.82 Å². The number of benzene rings is 3. The third kappa shape index (κ3) is 4.07. The SMILES string of the molecule is Fc1cc(Cl)ccc1CSc1nc(-c2ccccc2)c(-c2ccccc2)[nH]1. The van der Waals surface area contributed by atoms with Crippen LogP contribution in [0.5, 0.6) is 0 Å². The van der Waals surface area contributed by atoms with Gasteiger partial charge in [-0.1, -0.05) is 90.1 Å². The van der Waals surface area contributed by atoms with Crippen molar-refractivity contribution in [2.75, 3.05) is 0 Å². The minimum atomic E-state index is -0.298. The summed E-state index contributed by atoms with van der Waals surface area (Å²) < 4.78 is 14.0. The zero-order chi connectivity index (χ0) is 18.6. The first kappa shape index (κ1) is 17.8. The molecule has 0 saturated heterocycles. The monoisotopic (exact) mass is 394 g/mol. The van der Waals surface area contributed by atoms with Crippen LogP contribution < -0.4 is 0 Å². The predicted molar refractivity (Wildman–Crippen MR) is 110 cm³/mol. The van der Waals surface area contributed by atoms with E-state index in [1.54, 1.807) is 12.1 Å². The molecular weight excluding hydrogens is 379 g/mol. The number of rotatable bonds is 5. The molecule has 0 saturated carbocycles. The smallest absolute Gasteiger partial charge is 0.166 e. The van der Waals surface area contributed by atoms with Crippen molar-refractivity contribution in [2.24, 2.45) is 0 Å². The number of aromatic nitrogens is 2. The molecule has 1 heterocycles. The lowest BCUT2D eigenvalue weighted by Gasteiger charge is -2.02. The highest BCUT2D eigenvalue weighted by Gasteiger charge is 2.15. The van der Waals surface area contributed by atoms with Crippen molar-refractivity contribution in [2.45, 2.75) is 10.9 Å². The van der Waals surface area contributed by atoms with Crippen molar-refractivity contribution < 1.29 is 4.39 Å². The Balaban J connectivity index is 1.67. The van der Waals surface area contributed by atoms with E-state index in [1.165, 1.54) is 17.8 Å². The number of nitrogens with zero attached hydrogens (tertiary/aromatic N) is 1. The van der Waals surface area contributed by atoms with Crippen LogP contribution in [0.3, 0.4) is 0 Å². The summed E-state index contributed by atoms with van der Waals surface area (Å²) >= 11 is 7.30. The van der Waals surface area contributed by atoms with Crippen molar-refractivity contribution in [3.63, 3.8) is 0 Å². The van der Waals surface area contributed by atoms with E-state index >= 15 is 0 Å². The van der Waals surface area contributed by atoms with Crippen LogP contribution in [0.2, 0.25) is 5.02 Å². The van der Waals surface area contributed by atoms with Crippen LogP contribution in [0.25, 0.3) is 22.5 Å². The fourth-order valence-corrected chi connectivity index (χ4v) is 3.84. The fourth-order valence-electron chi connectivity index (χ4n) is 2.82. The van der Waals surface area contributed by atoms with Crippen molar-refractivity contribution in [1.82, 2.24) is 9.97 Å². The molecule has 0 aliphatic heterocycles. The van der Waals surface area contributed by atoms with Gasteiger partial charge < -0.3 is 4.98 Å². The van der Waals surface area contributed by atoms with Crippen LogP contribution in [-0.4, -0.2) is 9.97 Å². The average molecular weight is 395 g/mol. The van der Waals surface area contributed by atoms with Gasteiger partial charge in [-0.25, -0.2) is 9.37 Å². The number of hydrogen-bond acceptors (Lipinski definition) is 2. The maximum atomic E-state index is 14.0. The zero-order valence-electron chi connectivity index (χ0n) is 14.3. The summed E-state index contributed by atoms with van der Waals surface area (Å²) in [7, 11) is 0. The van der Waals surface area contributed by atoms with Crippen LogP contribution >= 0.6 is 23.4 Å². The second-order valence-corrected chi connectivity index (χ2v) is 7.42. The lowest BCUT2D eigenvalue weighted by atomic mass is 10.1. The van der Waals surface area contributed by atoms with Crippen molar-refractivity contribution in [1.29, 1.82) is 0 Å². The summed E-state index contributed by atoms with van der Waals surface area (Å²) in [6.45, 7) is 0. The van der Waals surface area contributed by atoms with Gasteiger partial charge in [0.1, 0.15) is 5.82 Å². The molecule has 27 heavy (non-hydrogen) atoms. The Kier molecular flexibility index (Phi) is 5.28. The summed E-state index contributed by atoms with van der Waals surface area (Å²) in [4.78, 5) is 8.18. The first-order valence-corrected chi connectivity index (χ1v) is 9.84. The molecular formula is C22H16ClFN2S. The highest BCUT2D eigenvalue weighted by Crippen LogP contribution is 2.33. The zero-order valence-corrected chi connectivity index (χ0v) is 15.9. The second kappa shape index (κ2) is 7.99. The summed E-state index contributed by atoms with van der Waals surface area (Å²) in [5, 5.41) is 1.15. The fraction of sp³-hybridized carbons (Fsp3) is 0.0455. The van der Waals surface area contributed by atoms with Gasteiger partial charge >= 0.3 is 0 Å². The highest BCUT2D eigenvalue weighted by atomic mass is 35.5. The Morgan fingerprint density at radius 3 is 2.22 bits per heavy atom. The maximum absolute atomic E-state index is 14.0. The minimum Gasteiger partial charge on any atom is -0.332 e. The maximum Gasteiger partial charge on any atom is 0.166 e. The third-order valence-electron chi connectivity index (χ3n) is 4.17. The van der Waals surface area contributed by atoms with E-state index < -0.39 is 0 Å². The van der Waals surface area contributed by atoms with E-state index in [0.717, 1.165) is 27.7 Å². The van der Waals surface area contributed by atoms with Crippen molar-refractivity contribution >= 4 is 23.4 Å². The number of hydrogen-bond donors (Lipinski definition) is 1. The van der Waals surface area contributed by atoms with Gasteiger partial charge in [0.15, 0.2) is 5.16 Å². The Bertz CT molecular complexity index is 992. The van der Waals surface area contributed by atoms with Gasteiger partial charge in [0, 0.05) is 21.9 Å². The Morgan fingerprint density at radius 2 is 1.56 bits per heavy atom. The normalized spacial score (nSPS) is 10.9. The first-order chi connectivity index (χ1) is 13.2. The number of thioether (sulfide) groups is 1. The number of H-pyrrole nitrogens is 1. The molecule has 0 radical (unpaired) electrons. The van der Waals surface area contributed by atoms with E-state index in [9.17, 15) is 4.39 Å². The number of imidazole rings is 1. The van der Waals surface area contributed by atoms with Crippen LogP contribution in [0, 0.1) is 5.82 Å². The molecule has 5 heteroatoms. The Labute approximate surface area is 166 Å². The third-order valence-corrected chi connectivity index (χ3v) is 5.33. The lowest BCUT2D eigenvalue weighted by molar-refractivity contribution is 0.617. The topological polar surface area (TPSA) is 28.7 Å². The molecule has 1 N–H and O–H groups in total. The molecule has 4 rings (SSSR count). The minimum absolute atomic E-state index is 0.298. The van der Waals surface area contributed by atoms with Gasteiger partial charge in [-0.05, 0) is 17.7 Å². The molecule has 1 aromatic heterocycles. The van der Waals surface area contributed by atoms with Crippen LogP contribution in [0.15, 0.2) is 84.0 Å². The van der Waals surface area contributed by atoms with E-state index in [4.69, 9.17) is 16.6 Å². The van der Waals surface area contributed by atoms with Crippen molar-refractivity contribution in [3.8, 4) is 22.5 Å². The van der Waals surface area contributed by atoms with Crippen LogP contribution in [0.1, 0.15) is 5.56 Å². The standard InChI is InChI=1S/C22H16ClFN2S/c23-18-12-11-17(19(24)13-18)14-27-22-25-20(15-7-3-1-4-8-15)21(26-22)16-9-5-2-6-10-16/h1-13H,14H2,(H,25,26). The van der Waals surface area contributed by atoms with Gasteiger partial charge in [0.25, 0.3) is 0 Å². The predicted octanol–water partition coefficient (Wildman–Crippen LogP) is 6.83. The molecule has 0 atom stereocenters. The van der Waals surface area contributed by atoms with E-state index in [2.05, 4.69) is 4.98 Å². The summed E-state index contributed by atoms with van der Waals surface area (Å²) in [5.74, 6) is 0.173. The van der Waals surface area contributed by atoms with E-state index in [1.807, 2.05) is 60.7 Å². The largest absolute Gasteiger partial charge is 0.332 e. The van der Waals surface area contributed by atoms with Gasteiger partial charge in [-0.15, -0.1) is 0 Å². The molecule has 0 aliphatic rings. The molecule has 2 nitrogen and oxygen atoms in total. The van der Waals surface area contributed by atoms with Gasteiger partial charge in [-0.3, -0.25) is 0 Å². The van der Waals surface area contributed by atoms with Gasteiger partial charge in [0.2, 0.25) is 0 Å². The highest BCUT2D eigenvalue weighted by molar-refractivity contribution is 7.98. The molecule has 0 fully saturated rings. The van der Waals surface area contributed by atoms with Crippen LogP contribution in [0.4, 0.5) is 4.39 Å². The lowest BCUT2D eigenvalue weighted by Crippen LogP contribution is -1.88. The summed E-state index contributed by atoms with van der Waals surface area (Å²) in [6, 6.07) is 24.9. The molecule has 134 valence electrons. The molecule has 0 amide bonds. The number of aromatic amines is 1. The quantitative estimate of drug-likeness (QED) is 0.376. The van der Waals surface area contributed by atoms with E-state index in [0.29, 0.717) is 16.3 Å². The summed E-state index contributed by atoms with van der Waals surface area (Å²) in [5.41, 5.74) is 4.55. The second-order valence-electron chi connectivity index (χ2n) is 6.02. The number of halogens is 2. The van der Waals surface area contributed by atoms with Gasteiger partial charge in [0.05, 0.1) is 11.4 Å². The first-order valence-electron chi connectivity index (χ1n) is 8.48. The molecule has 0 spiro atoms. The number of nitrogens with one attached hydrogen (secondary N) is 1. The Morgan fingerprint density at radius 1 is 0.889 bits per heavy atom.